The highest BCUT2D eigenvalue weighted by Crippen LogP contribution is 2.11. The fourth-order valence-corrected chi connectivity index (χ4v) is 1.22. The Balaban J connectivity index is 2.59. The van der Waals surface area contributed by atoms with Crippen molar-refractivity contribution in [2.75, 3.05) is 0 Å². The number of terminal acetylenes is 1. The highest BCUT2D eigenvalue weighted by Gasteiger charge is 1.98. The zero-order valence-corrected chi connectivity index (χ0v) is 7.01. The molecule has 0 N–H and O–H groups in total. The zero-order valence-electron chi connectivity index (χ0n) is 7.01. The molecular weight excluding hydrogens is 160 g/mol. The third-order valence-corrected chi connectivity index (χ3v) is 1.84. The molecule has 0 aliphatic heterocycles. The number of nitrogens with zero attached hydrogens (tertiary/aromatic N) is 2. The molecule has 0 saturated heterocycles. The van der Waals surface area contributed by atoms with Crippen molar-refractivity contribution < 1.29 is 0 Å². The number of hydrogen-bond acceptors (Lipinski definition) is 1. The minimum absolute atomic E-state index is 0.875. The maximum atomic E-state index is 5.37. The van der Waals surface area contributed by atoms with E-state index in [-0.39, 0.29) is 0 Å². The third kappa shape index (κ3) is 1.32. The van der Waals surface area contributed by atoms with Crippen molar-refractivity contribution in [3.63, 3.8) is 0 Å². The lowest BCUT2D eigenvalue weighted by Gasteiger charge is -2.03. The normalized spacial score (nSPS) is 9.46. The number of benzene rings is 1. The molecule has 13 heavy (non-hydrogen) atoms. The molecule has 1 aromatic carbocycles. The van der Waals surface area contributed by atoms with Crippen molar-refractivity contribution in [3.05, 3.63) is 48.5 Å². The second-order valence-corrected chi connectivity index (χ2v) is 2.63. The van der Waals surface area contributed by atoms with Gasteiger partial charge in [0.05, 0.1) is 12.0 Å². The van der Waals surface area contributed by atoms with Gasteiger partial charge < -0.3 is 4.57 Å². The summed E-state index contributed by atoms with van der Waals surface area (Å²) in [5.41, 5.74) is 1.86. The van der Waals surface area contributed by atoms with Gasteiger partial charge >= 0.3 is 0 Å². The van der Waals surface area contributed by atoms with E-state index in [1.807, 2.05) is 35.0 Å². The van der Waals surface area contributed by atoms with Crippen LogP contribution in [0.1, 0.15) is 5.56 Å². The van der Waals surface area contributed by atoms with E-state index >= 15 is 0 Å². The topological polar surface area (TPSA) is 17.8 Å². The summed E-state index contributed by atoms with van der Waals surface area (Å²) in [6.45, 7) is 0. The fourth-order valence-electron chi connectivity index (χ4n) is 1.22. The zero-order chi connectivity index (χ0) is 9.10. The molecule has 2 aromatic rings. The van der Waals surface area contributed by atoms with Crippen LogP contribution < -0.4 is 0 Å². The second kappa shape index (κ2) is 3.16. The van der Waals surface area contributed by atoms with Gasteiger partial charge in [-0.2, -0.15) is 0 Å². The molecule has 0 unspecified atom stereocenters. The number of rotatable bonds is 1. The van der Waals surface area contributed by atoms with E-state index in [0.717, 1.165) is 11.3 Å². The third-order valence-electron chi connectivity index (χ3n) is 1.84. The van der Waals surface area contributed by atoms with Gasteiger partial charge in [0.25, 0.3) is 0 Å². The summed E-state index contributed by atoms with van der Waals surface area (Å²) in [6.07, 6.45) is 10.7. The van der Waals surface area contributed by atoms with Gasteiger partial charge in [0.2, 0.25) is 0 Å². The van der Waals surface area contributed by atoms with Gasteiger partial charge in [-0.25, -0.2) is 4.98 Å². The van der Waals surface area contributed by atoms with Gasteiger partial charge in [-0.1, -0.05) is 18.1 Å². The van der Waals surface area contributed by atoms with Crippen LogP contribution in [-0.4, -0.2) is 9.55 Å². The van der Waals surface area contributed by atoms with Crippen LogP contribution in [-0.2, 0) is 0 Å². The number of para-hydroxylation sites is 1. The van der Waals surface area contributed by atoms with Gasteiger partial charge in [-0.3, -0.25) is 0 Å². The minimum Gasteiger partial charge on any atom is -0.305 e. The van der Waals surface area contributed by atoms with Crippen LogP contribution in [0.2, 0.25) is 0 Å². The Kier molecular flexibility index (Phi) is 1.85. The summed E-state index contributed by atoms with van der Waals surface area (Å²) in [6, 6.07) is 7.76. The van der Waals surface area contributed by atoms with Gasteiger partial charge in [-0.15, -0.1) is 6.42 Å². The van der Waals surface area contributed by atoms with Crippen LogP contribution in [0.4, 0.5) is 0 Å². The van der Waals surface area contributed by atoms with E-state index in [0.29, 0.717) is 0 Å². The summed E-state index contributed by atoms with van der Waals surface area (Å²) in [7, 11) is 0. The van der Waals surface area contributed by atoms with E-state index in [1.54, 1.807) is 12.5 Å². The predicted octanol–water partition coefficient (Wildman–Crippen LogP) is 1.85. The Hall–Kier alpha value is -2.01. The molecule has 0 spiro atoms. The molecule has 0 fully saturated rings. The predicted molar refractivity (Wildman–Crippen MR) is 51.5 cm³/mol. The Morgan fingerprint density at radius 1 is 1.31 bits per heavy atom. The highest BCUT2D eigenvalue weighted by atomic mass is 15.0. The van der Waals surface area contributed by atoms with E-state index in [9.17, 15) is 0 Å². The van der Waals surface area contributed by atoms with Crippen LogP contribution in [0, 0.1) is 12.3 Å². The SMILES string of the molecule is C#Cc1ccccc1-n1ccnc1. The van der Waals surface area contributed by atoms with E-state index in [4.69, 9.17) is 6.42 Å². The summed E-state index contributed by atoms with van der Waals surface area (Å²) < 4.78 is 1.90. The van der Waals surface area contributed by atoms with Crippen molar-refractivity contribution in [2.24, 2.45) is 0 Å². The Morgan fingerprint density at radius 2 is 2.15 bits per heavy atom. The van der Waals surface area contributed by atoms with Crippen LogP contribution in [0.5, 0.6) is 0 Å². The standard InChI is InChI=1S/C11H8N2/c1-2-10-5-3-4-6-11(10)13-8-7-12-9-13/h1,3-9H. The highest BCUT2D eigenvalue weighted by molar-refractivity contribution is 5.49. The number of hydrogen-bond donors (Lipinski definition) is 0. The summed E-state index contributed by atoms with van der Waals surface area (Å²) >= 11 is 0. The van der Waals surface area contributed by atoms with Crippen LogP contribution in [0.3, 0.4) is 0 Å². The first-order chi connectivity index (χ1) is 6.42. The van der Waals surface area contributed by atoms with Crippen molar-refractivity contribution in [3.8, 4) is 18.0 Å². The average molecular weight is 168 g/mol. The van der Waals surface area contributed by atoms with Gasteiger partial charge in [0, 0.05) is 18.0 Å². The van der Waals surface area contributed by atoms with Crippen molar-refractivity contribution in [1.29, 1.82) is 0 Å². The van der Waals surface area contributed by atoms with E-state index in [1.165, 1.54) is 0 Å². The maximum Gasteiger partial charge on any atom is 0.0992 e. The first kappa shape index (κ1) is 7.63. The molecule has 0 bridgehead atoms. The maximum absolute atomic E-state index is 5.37. The Labute approximate surface area is 76.9 Å². The van der Waals surface area contributed by atoms with Gasteiger partial charge in [0.1, 0.15) is 0 Å². The molecule has 0 saturated carbocycles. The second-order valence-electron chi connectivity index (χ2n) is 2.63. The van der Waals surface area contributed by atoms with Crippen LogP contribution in [0.15, 0.2) is 43.0 Å². The van der Waals surface area contributed by atoms with Crippen molar-refractivity contribution in [1.82, 2.24) is 9.55 Å². The molecular formula is C11H8N2. The fraction of sp³-hybridized carbons (Fsp3) is 0. The van der Waals surface area contributed by atoms with Gasteiger partial charge in [-0.05, 0) is 12.1 Å². The molecule has 2 nitrogen and oxygen atoms in total. The molecule has 2 heteroatoms. The Bertz CT molecular complexity index is 435. The molecule has 1 heterocycles. The van der Waals surface area contributed by atoms with Gasteiger partial charge in [0.15, 0.2) is 0 Å². The molecule has 0 aliphatic carbocycles. The van der Waals surface area contributed by atoms with E-state index in [2.05, 4.69) is 10.9 Å². The number of imidazole rings is 1. The van der Waals surface area contributed by atoms with E-state index < -0.39 is 0 Å². The summed E-state index contributed by atoms with van der Waals surface area (Å²) in [4.78, 5) is 3.97. The summed E-state index contributed by atoms with van der Waals surface area (Å²) in [5, 5.41) is 0. The lowest BCUT2D eigenvalue weighted by atomic mass is 10.2. The molecule has 2 rings (SSSR count). The average Bonchev–Trinajstić information content (AvgIpc) is 2.70. The van der Waals surface area contributed by atoms with Crippen LogP contribution in [0.25, 0.3) is 5.69 Å². The largest absolute Gasteiger partial charge is 0.305 e. The minimum atomic E-state index is 0.875. The lowest BCUT2D eigenvalue weighted by Crippen LogP contribution is -1.93. The van der Waals surface area contributed by atoms with Crippen molar-refractivity contribution in [2.45, 2.75) is 0 Å². The molecule has 0 radical (unpaired) electrons. The smallest absolute Gasteiger partial charge is 0.0992 e. The molecule has 0 amide bonds. The number of aromatic nitrogens is 2. The Morgan fingerprint density at radius 3 is 2.85 bits per heavy atom. The van der Waals surface area contributed by atoms with Crippen molar-refractivity contribution >= 4 is 0 Å². The molecule has 0 aliphatic rings. The first-order valence-corrected chi connectivity index (χ1v) is 3.96. The van der Waals surface area contributed by atoms with Crippen LogP contribution >= 0.6 is 0 Å². The monoisotopic (exact) mass is 168 g/mol. The molecule has 1 aromatic heterocycles. The molecule has 0 atom stereocenters. The molecule has 62 valence electrons. The lowest BCUT2D eigenvalue weighted by molar-refractivity contribution is 1.05. The summed E-state index contributed by atoms with van der Waals surface area (Å²) in [5.74, 6) is 2.64. The first-order valence-electron chi connectivity index (χ1n) is 3.96. The quantitative estimate of drug-likeness (QED) is 0.594.